The zero-order valence-electron chi connectivity index (χ0n) is 21.7. The summed E-state index contributed by atoms with van der Waals surface area (Å²) in [6.07, 6.45) is 3.15. The van der Waals surface area contributed by atoms with Crippen molar-refractivity contribution in [1.82, 2.24) is 20.1 Å². The lowest BCUT2D eigenvalue weighted by Gasteiger charge is -2.51. The first-order valence-corrected chi connectivity index (χ1v) is 12.7. The Bertz CT molecular complexity index is 1280. The van der Waals surface area contributed by atoms with Crippen LogP contribution in [0.15, 0.2) is 34.9 Å². The standard InChI is InChI=1S/C27H34F2N4O4/c1-24(2)14-25(3,4)16-26(35,15-24)27(28,29)23(34)33-11-5-6-20(33)22-32-31-21(37-22)13-36-18-8-7-17-9-10-30-19(17)12-18/h7-10,12,20,30,35H,5-6,11,13-16H2,1-4H3/t20-/m0/s1. The Morgan fingerprint density at radius 1 is 1.19 bits per heavy atom. The van der Waals surface area contributed by atoms with Crippen molar-refractivity contribution in [3.8, 4) is 5.75 Å². The maximum absolute atomic E-state index is 15.8. The summed E-state index contributed by atoms with van der Waals surface area (Å²) in [7, 11) is 0. The number of ether oxygens (including phenoxy) is 1. The van der Waals surface area contributed by atoms with Gasteiger partial charge in [-0.25, -0.2) is 0 Å². The predicted molar refractivity (Wildman–Crippen MR) is 132 cm³/mol. The first-order chi connectivity index (χ1) is 17.3. The summed E-state index contributed by atoms with van der Waals surface area (Å²) in [6.45, 7) is 7.56. The monoisotopic (exact) mass is 516 g/mol. The van der Waals surface area contributed by atoms with Gasteiger partial charge >= 0.3 is 5.92 Å². The number of rotatable bonds is 6. The average Bonchev–Trinajstić information content (AvgIpc) is 3.54. The van der Waals surface area contributed by atoms with Crippen molar-refractivity contribution in [1.29, 1.82) is 0 Å². The molecule has 2 fully saturated rings. The fraction of sp³-hybridized carbons (Fsp3) is 0.593. The number of hydrogen-bond donors (Lipinski definition) is 2. The van der Waals surface area contributed by atoms with Gasteiger partial charge in [0.05, 0.1) is 0 Å². The van der Waals surface area contributed by atoms with Crippen molar-refractivity contribution in [2.45, 2.75) is 84.0 Å². The molecule has 1 amide bonds. The highest BCUT2D eigenvalue weighted by Gasteiger charge is 2.65. The van der Waals surface area contributed by atoms with Gasteiger partial charge in [-0.1, -0.05) is 27.7 Å². The van der Waals surface area contributed by atoms with E-state index in [1.54, 1.807) is 0 Å². The van der Waals surface area contributed by atoms with E-state index < -0.39 is 34.3 Å². The SMILES string of the molecule is CC1(C)CC(C)(C)CC(O)(C(F)(F)C(=O)N2CCC[C@H]2c2nnc(COc3ccc4cc[nH]c4c3)o2)C1. The molecular weight excluding hydrogens is 482 g/mol. The third-order valence-corrected chi connectivity index (χ3v) is 7.52. The fourth-order valence-corrected chi connectivity index (χ4v) is 6.66. The predicted octanol–water partition coefficient (Wildman–Crippen LogP) is 5.40. The molecule has 0 unspecified atom stereocenters. The molecule has 5 rings (SSSR count). The molecule has 1 saturated heterocycles. The van der Waals surface area contributed by atoms with Crippen LogP contribution in [0.1, 0.15) is 77.6 Å². The minimum Gasteiger partial charge on any atom is -0.484 e. The lowest BCUT2D eigenvalue weighted by Crippen LogP contribution is -2.62. The van der Waals surface area contributed by atoms with Gasteiger partial charge in [-0.05, 0) is 66.5 Å². The summed E-state index contributed by atoms with van der Waals surface area (Å²) in [6, 6.07) is 6.78. The average molecular weight is 517 g/mol. The Hall–Kier alpha value is -3.01. The molecule has 200 valence electrons. The van der Waals surface area contributed by atoms with Gasteiger partial charge in [-0.3, -0.25) is 4.79 Å². The van der Waals surface area contributed by atoms with E-state index in [4.69, 9.17) is 9.15 Å². The largest absolute Gasteiger partial charge is 0.484 e. The number of aromatic nitrogens is 3. The molecule has 0 spiro atoms. The van der Waals surface area contributed by atoms with Gasteiger partial charge in [0.15, 0.2) is 6.61 Å². The van der Waals surface area contributed by atoms with E-state index >= 15 is 8.78 Å². The zero-order chi connectivity index (χ0) is 26.6. The third kappa shape index (κ3) is 4.83. The molecule has 1 aliphatic carbocycles. The molecule has 3 heterocycles. The molecule has 2 aromatic heterocycles. The van der Waals surface area contributed by atoms with Crippen LogP contribution in [0.5, 0.6) is 5.75 Å². The molecule has 8 nitrogen and oxygen atoms in total. The lowest BCUT2D eigenvalue weighted by atomic mass is 9.58. The van der Waals surface area contributed by atoms with E-state index in [1.165, 1.54) is 0 Å². The Morgan fingerprint density at radius 2 is 1.92 bits per heavy atom. The topological polar surface area (TPSA) is 104 Å². The van der Waals surface area contributed by atoms with Crippen LogP contribution in [-0.4, -0.2) is 49.2 Å². The van der Waals surface area contributed by atoms with Crippen molar-refractivity contribution in [3.63, 3.8) is 0 Å². The number of hydrogen-bond acceptors (Lipinski definition) is 6. The second-order valence-corrected chi connectivity index (χ2v) is 12.2. The first-order valence-electron chi connectivity index (χ1n) is 12.7. The maximum atomic E-state index is 15.8. The van der Waals surface area contributed by atoms with Gasteiger partial charge in [0.25, 0.3) is 11.8 Å². The molecular formula is C27H34F2N4O4. The number of fused-ring (bicyclic) bond motifs is 1. The summed E-state index contributed by atoms with van der Waals surface area (Å²) in [5.41, 5.74) is -2.57. The summed E-state index contributed by atoms with van der Waals surface area (Å²) < 4.78 is 43.1. The number of nitrogens with zero attached hydrogens (tertiary/aromatic N) is 3. The highest BCUT2D eigenvalue weighted by Crippen LogP contribution is 2.55. The number of carbonyl (C=O) groups is 1. The molecule has 2 N–H and O–H groups in total. The van der Waals surface area contributed by atoms with Gasteiger partial charge in [0.2, 0.25) is 5.89 Å². The zero-order valence-corrected chi connectivity index (χ0v) is 21.7. The van der Waals surface area contributed by atoms with Gasteiger partial charge in [0.1, 0.15) is 17.4 Å². The Balaban J connectivity index is 1.30. The fourth-order valence-electron chi connectivity index (χ4n) is 6.66. The van der Waals surface area contributed by atoms with Crippen LogP contribution in [0, 0.1) is 10.8 Å². The lowest BCUT2D eigenvalue weighted by molar-refractivity contribution is -0.231. The summed E-state index contributed by atoms with van der Waals surface area (Å²) in [5.74, 6) is -4.45. The van der Waals surface area contributed by atoms with Crippen LogP contribution in [0.25, 0.3) is 10.9 Å². The van der Waals surface area contributed by atoms with Crippen LogP contribution < -0.4 is 4.74 Å². The van der Waals surface area contributed by atoms with E-state index in [1.807, 2.05) is 58.2 Å². The number of H-pyrrole nitrogens is 1. The number of aromatic amines is 1. The minimum absolute atomic E-state index is 0.0000419. The van der Waals surface area contributed by atoms with Crippen molar-refractivity contribution in [2.75, 3.05) is 6.54 Å². The molecule has 3 aromatic rings. The van der Waals surface area contributed by atoms with Crippen molar-refractivity contribution >= 4 is 16.8 Å². The Morgan fingerprint density at radius 3 is 2.65 bits per heavy atom. The highest BCUT2D eigenvalue weighted by molar-refractivity contribution is 5.85. The molecule has 2 aliphatic rings. The highest BCUT2D eigenvalue weighted by atomic mass is 19.3. The molecule has 1 aromatic carbocycles. The molecule has 10 heteroatoms. The number of aliphatic hydroxyl groups is 1. The molecule has 1 saturated carbocycles. The van der Waals surface area contributed by atoms with Crippen molar-refractivity contribution in [2.24, 2.45) is 10.8 Å². The maximum Gasteiger partial charge on any atom is 0.352 e. The number of alkyl halides is 2. The summed E-state index contributed by atoms with van der Waals surface area (Å²) in [4.78, 5) is 17.5. The molecule has 0 radical (unpaired) electrons. The van der Waals surface area contributed by atoms with Gasteiger partial charge in [-0.15, -0.1) is 10.2 Å². The van der Waals surface area contributed by atoms with E-state index in [0.29, 0.717) is 25.0 Å². The molecule has 1 aliphatic heterocycles. The summed E-state index contributed by atoms with van der Waals surface area (Å²) >= 11 is 0. The normalized spacial score (nSPS) is 22.9. The van der Waals surface area contributed by atoms with Crippen LogP contribution in [0.3, 0.4) is 0 Å². The second kappa shape index (κ2) is 8.79. The smallest absolute Gasteiger partial charge is 0.352 e. The second-order valence-electron chi connectivity index (χ2n) is 12.2. The van der Waals surface area contributed by atoms with E-state index in [-0.39, 0.29) is 37.8 Å². The minimum atomic E-state index is -3.95. The van der Waals surface area contributed by atoms with Gasteiger partial charge < -0.3 is 24.1 Å². The quantitative estimate of drug-likeness (QED) is 0.455. The summed E-state index contributed by atoms with van der Waals surface area (Å²) in [5, 5.41) is 20.3. The number of halogens is 2. The third-order valence-electron chi connectivity index (χ3n) is 7.52. The molecule has 1 atom stereocenters. The van der Waals surface area contributed by atoms with Crippen molar-refractivity contribution in [3.05, 3.63) is 42.2 Å². The first kappa shape index (κ1) is 25.6. The van der Waals surface area contributed by atoms with E-state index in [2.05, 4.69) is 15.2 Å². The number of nitrogens with one attached hydrogen (secondary N) is 1. The Kier molecular flexibility index (Phi) is 6.09. The Labute approximate surface area is 214 Å². The molecule has 0 bridgehead atoms. The number of carbonyl (C=O) groups excluding carboxylic acids is 1. The van der Waals surface area contributed by atoms with E-state index in [9.17, 15) is 9.90 Å². The van der Waals surface area contributed by atoms with Crippen LogP contribution in [-0.2, 0) is 11.4 Å². The van der Waals surface area contributed by atoms with Crippen LogP contribution >= 0.6 is 0 Å². The number of likely N-dealkylation sites (tertiary alicyclic amines) is 1. The van der Waals surface area contributed by atoms with E-state index in [0.717, 1.165) is 15.8 Å². The number of amides is 1. The van der Waals surface area contributed by atoms with Crippen LogP contribution in [0.2, 0.25) is 0 Å². The van der Waals surface area contributed by atoms with Crippen molar-refractivity contribution < 1.29 is 27.8 Å². The van der Waals surface area contributed by atoms with Crippen LogP contribution in [0.4, 0.5) is 8.78 Å². The van der Waals surface area contributed by atoms with Gasteiger partial charge in [-0.2, -0.15) is 8.78 Å². The van der Waals surface area contributed by atoms with Gasteiger partial charge in [0, 0.05) is 24.3 Å². The molecule has 37 heavy (non-hydrogen) atoms. The number of benzene rings is 1.